The summed E-state index contributed by atoms with van der Waals surface area (Å²) in [6.45, 7) is 6.61. The Morgan fingerprint density at radius 1 is 1.17 bits per heavy atom. The molecule has 0 radical (unpaired) electrons. The van der Waals surface area contributed by atoms with Gasteiger partial charge in [0.1, 0.15) is 5.01 Å². The highest BCUT2D eigenvalue weighted by molar-refractivity contribution is 7.18. The number of nitrogens with zero attached hydrogens (tertiary/aromatic N) is 2. The third-order valence-electron chi connectivity index (χ3n) is 4.43. The van der Waals surface area contributed by atoms with Crippen LogP contribution in [0.2, 0.25) is 0 Å². The van der Waals surface area contributed by atoms with E-state index < -0.39 is 0 Å². The van der Waals surface area contributed by atoms with E-state index in [0.717, 1.165) is 31.7 Å². The number of rotatable bonds is 3. The van der Waals surface area contributed by atoms with Gasteiger partial charge in [0.25, 0.3) is 0 Å². The molecule has 1 aliphatic heterocycles. The van der Waals surface area contributed by atoms with Crippen molar-refractivity contribution in [1.29, 1.82) is 0 Å². The molecule has 0 saturated carbocycles. The number of benzene rings is 1. The van der Waals surface area contributed by atoms with Gasteiger partial charge in [0, 0.05) is 24.5 Å². The number of hydrogen-bond acceptors (Lipinski definition) is 5. The summed E-state index contributed by atoms with van der Waals surface area (Å²) in [5.74, 6) is 0. The lowest BCUT2D eigenvalue weighted by atomic mass is 10.1. The quantitative estimate of drug-likeness (QED) is 0.777. The van der Waals surface area contributed by atoms with Gasteiger partial charge in [0.15, 0.2) is 0 Å². The van der Waals surface area contributed by atoms with E-state index in [1.165, 1.54) is 26.6 Å². The number of para-hydroxylation sites is 1. The molecule has 1 unspecified atom stereocenters. The first kappa shape index (κ1) is 15.3. The summed E-state index contributed by atoms with van der Waals surface area (Å²) in [7, 11) is 0. The van der Waals surface area contributed by atoms with Crippen molar-refractivity contribution in [3.63, 3.8) is 0 Å². The summed E-state index contributed by atoms with van der Waals surface area (Å²) < 4.78 is 1.29. The minimum atomic E-state index is 0.298. The first-order chi connectivity index (χ1) is 11.3. The molecule has 120 valence electrons. The van der Waals surface area contributed by atoms with Crippen LogP contribution in [0.4, 0.5) is 0 Å². The number of hydrogen-bond donors (Lipinski definition) is 1. The van der Waals surface area contributed by atoms with Gasteiger partial charge >= 0.3 is 0 Å². The van der Waals surface area contributed by atoms with Gasteiger partial charge in [0.2, 0.25) is 0 Å². The molecule has 1 N–H and O–H groups in total. The van der Waals surface area contributed by atoms with Gasteiger partial charge < -0.3 is 5.32 Å². The largest absolute Gasteiger partial charge is 0.315 e. The Bertz CT molecular complexity index is 751. The molecule has 3 aromatic rings. The summed E-state index contributed by atoms with van der Waals surface area (Å²) in [5, 5.41) is 6.96. The minimum Gasteiger partial charge on any atom is -0.315 e. The fraction of sp³-hybridized carbons (Fsp3) is 0.389. The van der Waals surface area contributed by atoms with Gasteiger partial charge in [-0.25, -0.2) is 4.98 Å². The first-order valence-electron chi connectivity index (χ1n) is 8.17. The van der Waals surface area contributed by atoms with Crippen LogP contribution in [0.15, 0.2) is 35.7 Å². The van der Waals surface area contributed by atoms with E-state index in [1.54, 1.807) is 0 Å². The molecule has 23 heavy (non-hydrogen) atoms. The highest BCUT2D eigenvalue weighted by Gasteiger charge is 2.28. The molecule has 3 heterocycles. The van der Waals surface area contributed by atoms with Crippen LogP contribution in [0, 0.1) is 6.92 Å². The second kappa shape index (κ2) is 6.69. The lowest BCUT2D eigenvalue weighted by molar-refractivity contribution is 0.243. The maximum absolute atomic E-state index is 4.98. The molecule has 0 amide bonds. The molecule has 0 aliphatic carbocycles. The van der Waals surface area contributed by atoms with Crippen molar-refractivity contribution >= 4 is 32.9 Å². The van der Waals surface area contributed by atoms with Gasteiger partial charge in [0.05, 0.1) is 16.3 Å². The van der Waals surface area contributed by atoms with Gasteiger partial charge in [-0.3, -0.25) is 4.90 Å². The highest BCUT2D eigenvalue weighted by atomic mass is 32.1. The lowest BCUT2D eigenvalue weighted by Gasteiger charge is -2.28. The standard InChI is InChI=1S/C18H21N3S2/c1-13-7-12-22-17(13)16(21-10-4-8-19-9-11-21)18-20-14-5-2-3-6-15(14)23-18/h2-3,5-7,12,16,19H,4,8-11H2,1H3. The smallest absolute Gasteiger partial charge is 0.116 e. The molecule has 0 bridgehead atoms. The van der Waals surface area contributed by atoms with Crippen LogP contribution < -0.4 is 5.32 Å². The number of thiophene rings is 1. The fourth-order valence-electron chi connectivity index (χ4n) is 3.23. The van der Waals surface area contributed by atoms with Gasteiger partial charge in [-0.05, 0) is 49.0 Å². The van der Waals surface area contributed by atoms with Crippen LogP contribution in [0.25, 0.3) is 10.2 Å². The molecule has 1 aliphatic rings. The van der Waals surface area contributed by atoms with E-state index in [1.807, 2.05) is 22.7 Å². The van der Waals surface area contributed by atoms with Crippen molar-refractivity contribution in [3.05, 3.63) is 51.2 Å². The summed E-state index contributed by atoms with van der Waals surface area (Å²) in [4.78, 5) is 9.04. The average Bonchev–Trinajstić information content (AvgIpc) is 3.07. The summed E-state index contributed by atoms with van der Waals surface area (Å²) >= 11 is 3.71. The second-order valence-corrected chi connectivity index (χ2v) is 8.04. The monoisotopic (exact) mass is 343 g/mol. The van der Waals surface area contributed by atoms with Crippen LogP contribution in [-0.2, 0) is 0 Å². The second-order valence-electron chi connectivity index (χ2n) is 6.03. The number of fused-ring (bicyclic) bond motifs is 1. The normalized spacial score (nSPS) is 18.1. The topological polar surface area (TPSA) is 28.2 Å². The van der Waals surface area contributed by atoms with Crippen LogP contribution in [0.5, 0.6) is 0 Å². The molecule has 1 fully saturated rings. The Balaban J connectivity index is 1.79. The summed E-state index contributed by atoms with van der Waals surface area (Å²) in [6, 6.07) is 11.0. The highest BCUT2D eigenvalue weighted by Crippen LogP contribution is 2.38. The molecule has 4 rings (SSSR count). The van der Waals surface area contributed by atoms with Crippen molar-refractivity contribution in [1.82, 2.24) is 15.2 Å². The predicted molar refractivity (Wildman–Crippen MR) is 99.6 cm³/mol. The van der Waals surface area contributed by atoms with Gasteiger partial charge in [-0.15, -0.1) is 22.7 Å². The third kappa shape index (κ3) is 3.06. The van der Waals surface area contributed by atoms with Crippen molar-refractivity contribution in [2.24, 2.45) is 0 Å². The maximum atomic E-state index is 4.98. The molecule has 1 atom stereocenters. The third-order valence-corrected chi connectivity index (χ3v) is 6.59. The van der Waals surface area contributed by atoms with Crippen LogP contribution in [-0.4, -0.2) is 36.1 Å². The molecule has 0 spiro atoms. The van der Waals surface area contributed by atoms with Crippen molar-refractivity contribution in [2.45, 2.75) is 19.4 Å². The van der Waals surface area contributed by atoms with Crippen LogP contribution in [0.1, 0.15) is 27.9 Å². The van der Waals surface area contributed by atoms with Crippen molar-refractivity contribution in [2.75, 3.05) is 26.2 Å². The zero-order valence-corrected chi connectivity index (χ0v) is 14.9. The molecule has 1 saturated heterocycles. The Kier molecular flexibility index (Phi) is 4.44. The molecular formula is C18H21N3S2. The van der Waals surface area contributed by atoms with Crippen molar-refractivity contribution < 1.29 is 0 Å². The molecule has 2 aromatic heterocycles. The zero-order valence-electron chi connectivity index (χ0n) is 13.3. The number of aromatic nitrogens is 1. The minimum absolute atomic E-state index is 0.298. The lowest BCUT2D eigenvalue weighted by Crippen LogP contribution is -2.32. The first-order valence-corrected chi connectivity index (χ1v) is 9.87. The van der Waals surface area contributed by atoms with Gasteiger partial charge in [-0.1, -0.05) is 12.1 Å². The number of aryl methyl sites for hydroxylation is 1. The fourth-order valence-corrected chi connectivity index (χ4v) is 5.48. The van der Waals surface area contributed by atoms with E-state index in [-0.39, 0.29) is 0 Å². The van der Waals surface area contributed by atoms with Crippen molar-refractivity contribution in [3.8, 4) is 0 Å². The molecule has 1 aromatic carbocycles. The van der Waals surface area contributed by atoms with E-state index in [0.29, 0.717) is 6.04 Å². The predicted octanol–water partition coefficient (Wildman–Crippen LogP) is 4.05. The Morgan fingerprint density at radius 3 is 2.91 bits per heavy atom. The van der Waals surface area contributed by atoms with E-state index in [9.17, 15) is 0 Å². The number of thiazole rings is 1. The van der Waals surface area contributed by atoms with E-state index in [4.69, 9.17) is 4.98 Å². The van der Waals surface area contributed by atoms with E-state index >= 15 is 0 Å². The zero-order chi connectivity index (χ0) is 15.6. The molecular weight excluding hydrogens is 322 g/mol. The molecule has 3 nitrogen and oxygen atoms in total. The van der Waals surface area contributed by atoms with E-state index in [2.05, 4.69) is 52.9 Å². The van der Waals surface area contributed by atoms with Crippen LogP contribution >= 0.6 is 22.7 Å². The summed E-state index contributed by atoms with van der Waals surface area (Å²) in [6.07, 6.45) is 1.20. The van der Waals surface area contributed by atoms with Gasteiger partial charge in [-0.2, -0.15) is 0 Å². The average molecular weight is 344 g/mol. The Morgan fingerprint density at radius 2 is 2.09 bits per heavy atom. The number of nitrogens with one attached hydrogen (secondary N) is 1. The Hall–Kier alpha value is -1.27. The SMILES string of the molecule is Cc1ccsc1C(c1nc2ccccc2s1)N1CCCNCC1. The Labute approximate surface area is 145 Å². The molecule has 5 heteroatoms. The van der Waals surface area contributed by atoms with Crippen LogP contribution in [0.3, 0.4) is 0 Å². The maximum Gasteiger partial charge on any atom is 0.116 e. The summed E-state index contributed by atoms with van der Waals surface area (Å²) in [5.41, 5.74) is 2.51.